The summed E-state index contributed by atoms with van der Waals surface area (Å²) in [6.45, 7) is 0. The predicted molar refractivity (Wildman–Crippen MR) is 82.2 cm³/mol. The van der Waals surface area contributed by atoms with Crippen molar-refractivity contribution in [1.29, 1.82) is 0 Å². The average Bonchev–Trinajstić information content (AvgIpc) is 2.56. The number of rotatable bonds is 2. The number of carbonyl (C=O) groups is 1. The largest absolute Gasteiger partial charge is 0.465 e. The minimum absolute atomic E-state index is 0.149. The number of halogens is 2. The van der Waals surface area contributed by atoms with Gasteiger partial charge in [0.1, 0.15) is 11.6 Å². The molecule has 0 radical (unpaired) electrons. The third kappa shape index (κ3) is 2.54. The van der Waals surface area contributed by atoms with Crippen LogP contribution in [0.15, 0.2) is 58.5 Å². The van der Waals surface area contributed by atoms with Crippen LogP contribution in [0.25, 0.3) is 0 Å². The molecule has 0 unspecified atom stereocenters. The molecule has 0 bridgehead atoms. The fourth-order valence-electron chi connectivity index (χ4n) is 2.36. The molecule has 8 heteroatoms. The smallest absolute Gasteiger partial charge is 0.351 e. The molecule has 2 aromatic rings. The Hall–Kier alpha value is -2.74. The van der Waals surface area contributed by atoms with Gasteiger partial charge in [0, 0.05) is 11.9 Å². The summed E-state index contributed by atoms with van der Waals surface area (Å²) in [6.07, 6.45) is 1.08. The summed E-state index contributed by atoms with van der Waals surface area (Å²) < 4.78 is 56.3. The molecule has 0 amide bonds. The minimum atomic E-state index is -4.23. The minimum Gasteiger partial charge on any atom is -0.465 e. The Morgan fingerprint density at radius 2 is 1.67 bits per heavy atom. The molecule has 1 aliphatic heterocycles. The van der Waals surface area contributed by atoms with E-state index in [1.807, 2.05) is 0 Å². The van der Waals surface area contributed by atoms with E-state index in [1.54, 1.807) is 0 Å². The van der Waals surface area contributed by atoms with Crippen molar-refractivity contribution in [3.8, 4) is 0 Å². The average molecular weight is 351 g/mol. The normalized spacial score (nSPS) is 15.5. The summed E-state index contributed by atoms with van der Waals surface area (Å²) in [6, 6.07) is 8.40. The number of nitrogens with zero attached hydrogens (tertiary/aromatic N) is 1. The van der Waals surface area contributed by atoms with E-state index in [-0.39, 0.29) is 10.6 Å². The summed E-state index contributed by atoms with van der Waals surface area (Å²) >= 11 is 0. The van der Waals surface area contributed by atoms with Crippen molar-refractivity contribution >= 4 is 27.2 Å². The number of methoxy groups -OCH3 is 1. The van der Waals surface area contributed by atoms with Crippen LogP contribution in [0, 0.1) is 11.6 Å². The molecule has 0 spiro atoms. The first kappa shape index (κ1) is 16.1. The number of fused-ring (bicyclic) bond motifs is 1. The van der Waals surface area contributed by atoms with Crippen LogP contribution in [0.4, 0.5) is 20.2 Å². The summed E-state index contributed by atoms with van der Waals surface area (Å²) in [5.41, 5.74) is 0.552. The highest BCUT2D eigenvalue weighted by Gasteiger charge is 2.36. The Morgan fingerprint density at radius 3 is 2.29 bits per heavy atom. The molecule has 2 aromatic carbocycles. The molecular weight excluding hydrogens is 340 g/mol. The molecule has 0 atom stereocenters. The molecule has 0 aliphatic carbocycles. The van der Waals surface area contributed by atoms with Gasteiger partial charge in [-0.3, -0.25) is 0 Å². The Balaban J connectivity index is 2.28. The van der Waals surface area contributed by atoms with E-state index in [2.05, 4.69) is 4.74 Å². The first-order valence-electron chi connectivity index (χ1n) is 6.74. The van der Waals surface area contributed by atoms with E-state index in [9.17, 15) is 22.0 Å². The second kappa shape index (κ2) is 5.72. The molecule has 0 N–H and O–H groups in total. The zero-order valence-corrected chi connectivity index (χ0v) is 13.2. The van der Waals surface area contributed by atoms with Crippen molar-refractivity contribution in [2.24, 2.45) is 0 Å². The maximum atomic E-state index is 13.6. The number of hydrogen-bond acceptors (Lipinski definition) is 5. The fraction of sp³-hybridized carbons (Fsp3) is 0.0625. The third-order valence-electron chi connectivity index (χ3n) is 3.50. The zero-order chi connectivity index (χ0) is 17.5. The van der Waals surface area contributed by atoms with Gasteiger partial charge in [0.2, 0.25) is 9.84 Å². The Bertz CT molecular complexity index is 953. The molecule has 124 valence electrons. The van der Waals surface area contributed by atoms with Gasteiger partial charge >= 0.3 is 5.97 Å². The van der Waals surface area contributed by atoms with Gasteiger partial charge in [0.25, 0.3) is 0 Å². The van der Waals surface area contributed by atoms with E-state index >= 15 is 0 Å². The summed E-state index contributed by atoms with van der Waals surface area (Å²) in [5.74, 6) is -2.31. The molecule has 0 fully saturated rings. The number of carbonyl (C=O) groups excluding carboxylic acids is 1. The highest BCUT2D eigenvalue weighted by atomic mass is 32.2. The van der Waals surface area contributed by atoms with Crippen molar-refractivity contribution in [3.05, 3.63) is 65.2 Å². The quantitative estimate of drug-likeness (QED) is 0.779. The first-order valence-corrected chi connectivity index (χ1v) is 8.22. The van der Waals surface area contributed by atoms with Gasteiger partial charge in [0.15, 0.2) is 4.91 Å². The van der Waals surface area contributed by atoms with Gasteiger partial charge in [-0.25, -0.2) is 22.0 Å². The highest BCUT2D eigenvalue weighted by Crippen LogP contribution is 2.40. The van der Waals surface area contributed by atoms with Gasteiger partial charge in [-0.2, -0.15) is 0 Å². The molecule has 5 nitrogen and oxygen atoms in total. The Morgan fingerprint density at radius 1 is 1.04 bits per heavy atom. The van der Waals surface area contributed by atoms with Gasteiger partial charge < -0.3 is 9.64 Å². The van der Waals surface area contributed by atoms with Crippen LogP contribution < -0.4 is 4.90 Å². The maximum absolute atomic E-state index is 13.6. The van der Waals surface area contributed by atoms with E-state index < -0.39 is 32.3 Å². The maximum Gasteiger partial charge on any atom is 0.351 e. The lowest BCUT2D eigenvalue weighted by atomic mass is 10.2. The lowest BCUT2D eigenvalue weighted by Gasteiger charge is -2.28. The van der Waals surface area contributed by atoms with Gasteiger partial charge in [-0.1, -0.05) is 0 Å². The number of esters is 1. The standard InChI is InChI=1S/C16H11F2NO4S/c1-23-16(20)15-9-19(12-5-2-10(17)3-6-12)13-7-4-11(18)8-14(13)24(15,21)22/h2-9H,1H3. The summed E-state index contributed by atoms with van der Waals surface area (Å²) in [7, 11) is -3.19. The van der Waals surface area contributed by atoms with Crippen molar-refractivity contribution < 1.29 is 26.7 Å². The van der Waals surface area contributed by atoms with Crippen molar-refractivity contribution in [2.75, 3.05) is 12.0 Å². The lowest BCUT2D eigenvalue weighted by molar-refractivity contribution is -0.135. The number of sulfone groups is 1. The molecule has 0 aromatic heterocycles. The molecule has 1 heterocycles. The Labute approximate surface area is 136 Å². The first-order chi connectivity index (χ1) is 11.3. The van der Waals surface area contributed by atoms with Crippen LogP contribution in [0.2, 0.25) is 0 Å². The monoisotopic (exact) mass is 351 g/mol. The number of benzene rings is 2. The predicted octanol–water partition coefficient (Wildman–Crippen LogP) is 2.90. The molecular formula is C16H11F2NO4S. The van der Waals surface area contributed by atoms with Crippen LogP contribution in [0.5, 0.6) is 0 Å². The van der Waals surface area contributed by atoms with E-state index in [0.29, 0.717) is 5.69 Å². The van der Waals surface area contributed by atoms with Crippen molar-refractivity contribution in [2.45, 2.75) is 4.90 Å². The van der Waals surface area contributed by atoms with E-state index in [4.69, 9.17) is 0 Å². The van der Waals surface area contributed by atoms with E-state index in [0.717, 1.165) is 25.4 Å². The summed E-state index contributed by atoms with van der Waals surface area (Å²) in [4.78, 5) is 12.2. The van der Waals surface area contributed by atoms with Crippen LogP contribution in [0.3, 0.4) is 0 Å². The van der Waals surface area contributed by atoms with Crippen molar-refractivity contribution in [1.82, 2.24) is 0 Å². The van der Waals surface area contributed by atoms with Gasteiger partial charge in [-0.15, -0.1) is 0 Å². The molecule has 1 aliphatic rings. The topological polar surface area (TPSA) is 63.7 Å². The molecule has 24 heavy (non-hydrogen) atoms. The molecule has 0 saturated carbocycles. The molecule has 3 rings (SSSR count). The fourth-order valence-corrected chi connectivity index (χ4v) is 3.85. The number of hydrogen-bond donors (Lipinski definition) is 0. The number of ether oxygens (including phenoxy) is 1. The molecule has 0 saturated heterocycles. The highest BCUT2D eigenvalue weighted by molar-refractivity contribution is 7.96. The van der Waals surface area contributed by atoms with Crippen LogP contribution in [0.1, 0.15) is 0 Å². The second-order valence-electron chi connectivity index (χ2n) is 4.95. The van der Waals surface area contributed by atoms with Crippen LogP contribution >= 0.6 is 0 Å². The SMILES string of the molecule is COC(=O)C1=CN(c2ccc(F)cc2)c2ccc(F)cc2S1(=O)=O. The van der Waals surface area contributed by atoms with Crippen molar-refractivity contribution in [3.63, 3.8) is 0 Å². The van der Waals surface area contributed by atoms with Gasteiger partial charge in [0.05, 0.1) is 17.7 Å². The van der Waals surface area contributed by atoms with Crippen LogP contribution in [-0.4, -0.2) is 21.5 Å². The number of anilines is 2. The second-order valence-corrected chi connectivity index (χ2v) is 6.83. The lowest BCUT2D eigenvalue weighted by Crippen LogP contribution is -2.26. The Kier molecular flexibility index (Phi) is 3.84. The third-order valence-corrected chi connectivity index (χ3v) is 5.26. The van der Waals surface area contributed by atoms with E-state index in [1.165, 1.54) is 35.2 Å². The van der Waals surface area contributed by atoms with Crippen LogP contribution in [-0.2, 0) is 19.4 Å². The van der Waals surface area contributed by atoms with Gasteiger partial charge in [-0.05, 0) is 42.5 Å². The summed E-state index contributed by atoms with van der Waals surface area (Å²) in [5, 5.41) is 0. The zero-order valence-electron chi connectivity index (χ0n) is 12.4.